The lowest BCUT2D eigenvalue weighted by Crippen LogP contribution is -2.03. The average Bonchev–Trinajstić information content (AvgIpc) is 2.38. The Hall–Kier alpha value is -2.13. The number of rotatable bonds is 3. The minimum Gasteiger partial charge on any atom is -0.501 e. The van der Waals surface area contributed by atoms with Gasteiger partial charge >= 0.3 is 11.7 Å². The molecule has 5 nitrogen and oxygen atoms in total. The lowest BCUT2D eigenvalue weighted by Gasteiger charge is -1.93. The van der Waals surface area contributed by atoms with Crippen LogP contribution < -0.4 is 0 Å². The van der Waals surface area contributed by atoms with Crippen LogP contribution in [0.4, 0.5) is 0 Å². The minimum atomic E-state index is -0.921. The van der Waals surface area contributed by atoms with Crippen LogP contribution in [0.1, 0.15) is 5.56 Å². The summed E-state index contributed by atoms with van der Waals surface area (Å²) in [7, 11) is 1.12. The van der Waals surface area contributed by atoms with E-state index in [1.807, 2.05) is 24.3 Å². The maximum absolute atomic E-state index is 11.1. The molecule has 6 heteroatoms. The number of aliphatic hydroxyl groups is 1. The van der Waals surface area contributed by atoms with Crippen LogP contribution in [0.3, 0.4) is 0 Å². The second kappa shape index (κ2) is 6.57. The molecule has 0 aromatic heterocycles. The van der Waals surface area contributed by atoms with Crippen molar-refractivity contribution in [3.63, 3.8) is 0 Å². The van der Waals surface area contributed by atoms with Crippen LogP contribution in [0.2, 0.25) is 0 Å². The number of hydrogen-bond acceptors (Lipinski definition) is 4. The van der Waals surface area contributed by atoms with Gasteiger partial charge in [-0.3, -0.25) is 0 Å². The quantitative estimate of drug-likeness (QED) is 0.306. The Balaban J connectivity index is 2.95. The van der Waals surface area contributed by atoms with Gasteiger partial charge in [0.05, 0.1) is 7.11 Å². The maximum Gasteiger partial charge on any atom is 0.509 e. The van der Waals surface area contributed by atoms with Crippen LogP contribution in [-0.4, -0.2) is 18.2 Å². The van der Waals surface area contributed by atoms with Gasteiger partial charge in [-0.1, -0.05) is 34.1 Å². The van der Waals surface area contributed by atoms with E-state index in [0.717, 1.165) is 17.1 Å². The second-order valence-corrected chi connectivity index (χ2v) is 4.13. The van der Waals surface area contributed by atoms with Crippen LogP contribution in [-0.2, 0) is 9.53 Å². The summed E-state index contributed by atoms with van der Waals surface area (Å²) in [6, 6.07) is 7.28. The zero-order valence-electron chi connectivity index (χ0n) is 9.50. The molecule has 1 aromatic carbocycles. The van der Waals surface area contributed by atoms with Crippen molar-refractivity contribution >= 4 is 28.0 Å². The van der Waals surface area contributed by atoms with E-state index in [2.05, 4.69) is 25.6 Å². The van der Waals surface area contributed by atoms with Gasteiger partial charge in [0.1, 0.15) is 0 Å². The predicted octanol–water partition coefficient (Wildman–Crippen LogP) is 3.26. The first-order valence-corrected chi connectivity index (χ1v) is 5.68. The Kier molecular flexibility index (Phi) is 5.08. The van der Waals surface area contributed by atoms with Crippen molar-refractivity contribution in [3.8, 4) is 0 Å². The van der Waals surface area contributed by atoms with E-state index in [0.29, 0.717) is 0 Å². The fourth-order valence-corrected chi connectivity index (χ4v) is 1.39. The standard InChI is InChI=1S/C12H9BrN2O3/c1-18-12(17)11(15-14)10(16)7-4-8-2-5-9(13)6-3-8/h2-7H,1H3/p+1/b7-4+. The molecule has 1 aromatic rings. The normalized spacial score (nSPS) is 11.8. The Morgan fingerprint density at radius 3 is 2.56 bits per heavy atom. The Bertz CT molecular complexity index is 541. The molecule has 1 rings (SSSR count). The number of diazo groups is 1. The summed E-state index contributed by atoms with van der Waals surface area (Å²) in [4.78, 5) is 13.8. The van der Waals surface area contributed by atoms with E-state index in [1.54, 1.807) is 6.08 Å². The number of hydrogen-bond donors (Lipinski definition) is 1. The Morgan fingerprint density at radius 1 is 1.44 bits per heavy atom. The summed E-state index contributed by atoms with van der Waals surface area (Å²) in [5.41, 5.74) is 0.262. The molecule has 0 spiro atoms. The van der Waals surface area contributed by atoms with Gasteiger partial charge in [-0.15, -0.1) is 0 Å². The number of aliphatic hydroxyl groups excluding tert-OH is 1. The first kappa shape index (κ1) is 13.9. The number of ether oxygens (including phenoxy) is 1. The zero-order valence-corrected chi connectivity index (χ0v) is 11.1. The van der Waals surface area contributed by atoms with Crippen molar-refractivity contribution in [1.82, 2.24) is 0 Å². The van der Waals surface area contributed by atoms with E-state index in [-0.39, 0.29) is 0 Å². The monoisotopic (exact) mass is 309 g/mol. The second-order valence-electron chi connectivity index (χ2n) is 3.21. The van der Waals surface area contributed by atoms with Crippen molar-refractivity contribution < 1.29 is 14.6 Å². The van der Waals surface area contributed by atoms with E-state index in [4.69, 9.17) is 5.39 Å². The van der Waals surface area contributed by atoms with Crippen molar-refractivity contribution in [2.75, 3.05) is 7.11 Å². The predicted molar refractivity (Wildman–Crippen MR) is 69.9 cm³/mol. The van der Waals surface area contributed by atoms with Gasteiger partial charge in [0.15, 0.2) is 4.98 Å². The molecule has 0 amide bonds. The summed E-state index contributed by atoms with van der Waals surface area (Å²) >= 11 is 3.30. The Morgan fingerprint density at radius 2 is 2.06 bits per heavy atom. The SMILES string of the molecule is COC(=O)C([N+]#N)=C(O)/C=C/c1ccc(Br)cc1. The van der Waals surface area contributed by atoms with Crippen LogP contribution in [0.5, 0.6) is 0 Å². The summed E-state index contributed by atoms with van der Waals surface area (Å²) in [5, 5.41) is 18.2. The molecular formula is C12H10BrN2O3+. The van der Waals surface area contributed by atoms with Gasteiger partial charge in [0, 0.05) is 4.47 Å². The highest BCUT2D eigenvalue weighted by molar-refractivity contribution is 9.10. The smallest absolute Gasteiger partial charge is 0.501 e. The molecule has 92 valence electrons. The molecule has 0 unspecified atom stereocenters. The van der Waals surface area contributed by atoms with Crippen molar-refractivity contribution in [3.05, 3.63) is 56.8 Å². The molecule has 1 N–H and O–H groups in total. The number of carbonyl (C=O) groups excluding carboxylic acids is 1. The number of carbonyl (C=O) groups is 1. The van der Waals surface area contributed by atoms with Gasteiger partial charge in [-0.2, -0.15) is 0 Å². The van der Waals surface area contributed by atoms with E-state index in [1.165, 1.54) is 6.08 Å². The van der Waals surface area contributed by atoms with Crippen molar-refractivity contribution in [2.24, 2.45) is 0 Å². The molecule has 0 bridgehead atoms. The summed E-state index contributed by atoms with van der Waals surface area (Å²) in [6.07, 6.45) is 2.81. The molecule has 0 aliphatic heterocycles. The number of nitrogens with zero attached hydrogens (tertiary/aromatic N) is 2. The molecule has 0 saturated carbocycles. The summed E-state index contributed by atoms with van der Waals surface area (Å²) in [6.45, 7) is 0. The van der Waals surface area contributed by atoms with Crippen LogP contribution >= 0.6 is 15.9 Å². The molecule has 0 atom stereocenters. The minimum absolute atomic E-state index is 0.479. The highest BCUT2D eigenvalue weighted by atomic mass is 79.9. The molecular weight excluding hydrogens is 300 g/mol. The van der Waals surface area contributed by atoms with E-state index in [9.17, 15) is 9.90 Å². The highest BCUT2D eigenvalue weighted by Crippen LogP contribution is 2.13. The van der Waals surface area contributed by atoms with Gasteiger partial charge < -0.3 is 9.84 Å². The fraction of sp³-hybridized carbons (Fsp3) is 0.0833. The van der Waals surface area contributed by atoms with E-state index < -0.39 is 17.4 Å². The molecule has 0 saturated heterocycles. The number of benzene rings is 1. The van der Waals surface area contributed by atoms with E-state index >= 15 is 0 Å². The molecule has 0 aliphatic rings. The number of halogens is 1. The highest BCUT2D eigenvalue weighted by Gasteiger charge is 2.28. The van der Waals surface area contributed by atoms with Crippen LogP contribution in [0.25, 0.3) is 11.1 Å². The van der Waals surface area contributed by atoms with Crippen molar-refractivity contribution in [2.45, 2.75) is 0 Å². The summed E-state index contributed by atoms with van der Waals surface area (Å²) in [5.74, 6) is -1.40. The van der Waals surface area contributed by atoms with Crippen molar-refractivity contribution in [1.29, 1.82) is 5.39 Å². The van der Waals surface area contributed by atoms with Gasteiger partial charge in [0.2, 0.25) is 11.2 Å². The first-order chi connectivity index (χ1) is 8.58. The summed E-state index contributed by atoms with van der Waals surface area (Å²) < 4.78 is 5.27. The average molecular weight is 310 g/mol. The third-order valence-electron chi connectivity index (χ3n) is 2.03. The van der Waals surface area contributed by atoms with Crippen LogP contribution in [0, 0.1) is 5.39 Å². The Labute approximate surface area is 112 Å². The molecule has 0 radical (unpaired) electrons. The zero-order chi connectivity index (χ0) is 13.5. The third-order valence-corrected chi connectivity index (χ3v) is 2.55. The van der Waals surface area contributed by atoms with Gasteiger partial charge in [0.25, 0.3) is 0 Å². The lowest BCUT2D eigenvalue weighted by molar-refractivity contribution is -0.135. The number of esters is 1. The third kappa shape index (κ3) is 3.71. The molecule has 0 fully saturated rings. The lowest BCUT2D eigenvalue weighted by atomic mass is 10.2. The number of allylic oxidation sites excluding steroid dienone is 1. The number of methoxy groups -OCH3 is 1. The fourth-order valence-electron chi connectivity index (χ4n) is 1.12. The first-order valence-electron chi connectivity index (χ1n) is 4.88. The molecule has 0 aliphatic carbocycles. The topological polar surface area (TPSA) is 74.7 Å². The van der Waals surface area contributed by atoms with Crippen LogP contribution in [0.15, 0.2) is 46.3 Å². The molecule has 18 heavy (non-hydrogen) atoms. The maximum atomic E-state index is 11.1. The molecule has 0 heterocycles. The van der Waals surface area contributed by atoms with Gasteiger partial charge in [-0.05, 0) is 23.8 Å². The van der Waals surface area contributed by atoms with Gasteiger partial charge in [-0.25, -0.2) is 4.79 Å². The largest absolute Gasteiger partial charge is 0.509 e.